The molecule has 2 rings (SSSR count). The first-order valence-electron chi connectivity index (χ1n) is 4.73. The van der Waals surface area contributed by atoms with Gasteiger partial charge in [0.25, 0.3) is 0 Å². The summed E-state index contributed by atoms with van der Waals surface area (Å²) >= 11 is 0. The first-order valence-corrected chi connectivity index (χ1v) is 4.73. The van der Waals surface area contributed by atoms with E-state index < -0.39 is 0 Å². The molecule has 64 valence electrons. The molecule has 2 aliphatic rings. The Hall–Kier alpha value is -0.0800. The molecule has 2 aliphatic heterocycles. The molecule has 0 aliphatic carbocycles. The second-order valence-electron chi connectivity index (χ2n) is 4.25. The van der Waals surface area contributed by atoms with Gasteiger partial charge in [0, 0.05) is 25.2 Å². The topological polar surface area (TPSA) is 15.3 Å². The van der Waals surface area contributed by atoms with Gasteiger partial charge in [0.15, 0.2) is 0 Å². The van der Waals surface area contributed by atoms with Crippen LogP contribution in [0, 0.1) is 5.92 Å². The van der Waals surface area contributed by atoms with Gasteiger partial charge in [-0.25, -0.2) is 0 Å². The molecule has 0 radical (unpaired) electrons. The van der Waals surface area contributed by atoms with E-state index in [9.17, 15) is 0 Å². The SMILES string of the molecule is CC(C)N1CC2CNC(C2)C1. The summed E-state index contributed by atoms with van der Waals surface area (Å²) in [4.78, 5) is 2.60. The number of nitrogens with one attached hydrogen (secondary N) is 1. The first-order chi connectivity index (χ1) is 5.25. The molecule has 2 bridgehead atoms. The van der Waals surface area contributed by atoms with E-state index >= 15 is 0 Å². The molecule has 2 unspecified atom stereocenters. The fourth-order valence-corrected chi connectivity index (χ4v) is 2.29. The molecule has 0 amide bonds. The molecule has 11 heavy (non-hydrogen) atoms. The van der Waals surface area contributed by atoms with Crippen LogP contribution >= 0.6 is 0 Å². The van der Waals surface area contributed by atoms with Crippen molar-refractivity contribution in [3.63, 3.8) is 0 Å². The number of fused-ring (bicyclic) bond motifs is 2. The third-order valence-corrected chi connectivity index (χ3v) is 2.99. The molecule has 0 aromatic rings. The van der Waals surface area contributed by atoms with Gasteiger partial charge in [0.2, 0.25) is 0 Å². The van der Waals surface area contributed by atoms with Crippen molar-refractivity contribution in [1.82, 2.24) is 10.2 Å². The van der Waals surface area contributed by atoms with E-state index in [4.69, 9.17) is 0 Å². The van der Waals surface area contributed by atoms with Gasteiger partial charge in [-0.3, -0.25) is 4.90 Å². The summed E-state index contributed by atoms with van der Waals surface area (Å²) in [5, 5.41) is 3.56. The van der Waals surface area contributed by atoms with Crippen LogP contribution in [-0.4, -0.2) is 36.6 Å². The number of nitrogens with zero attached hydrogens (tertiary/aromatic N) is 1. The van der Waals surface area contributed by atoms with Crippen molar-refractivity contribution in [2.24, 2.45) is 5.92 Å². The number of piperidine rings is 1. The zero-order valence-corrected chi connectivity index (χ0v) is 7.51. The van der Waals surface area contributed by atoms with E-state index in [1.165, 1.54) is 26.1 Å². The maximum absolute atomic E-state index is 3.56. The van der Waals surface area contributed by atoms with Crippen LogP contribution in [0.5, 0.6) is 0 Å². The monoisotopic (exact) mass is 154 g/mol. The van der Waals surface area contributed by atoms with Crippen LogP contribution in [0.1, 0.15) is 20.3 Å². The van der Waals surface area contributed by atoms with Gasteiger partial charge in [0.05, 0.1) is 0 Å². The summed E-state index contributed by atoms with van der Waals surface area (Å²) in [5.74, 6) is 0.941. The smallest absolute Gasteiger partial charge is 0.0198 e. The highest BCUT2D eigenvalue weighted by Gasteiger charge is 2.32. The largest absolute Gasteiger partial charge is 0.312 e. The summed E-state index contributed by atoms with van der Waals surface area (Å²) in [6.45, 7) is 8.44. The average molecular weight is 154 g/mol. The van der Waals surface area contributed by atoms with Crippen molar-refractivity contribution in [1.29, 1.82) is 0 Å². The normalized spacial score (nSPS) is 38.5. The van der Waals surface area contributed by atoms with Crippen molar-refractivity contribution in [3.05, 3.63) is 0 Å². The fraction of sp³-hybridized carbons (Fsp3) is 1.00. The summed E-state index contributed by atoms with van der Waals surface area (Å²) in [6, 6.07) is 1.54. The van der Waals surface area contributed by atoms with Gasteiger partial charge in [-0.15, -0.1) is 0 Å². The van der Waals surface area contributed by atoms with Crippen molar-refractivity contribution in [3.8, 4) is 0 Å². The summed E-state index contributed by atoms with van der Waals surface area (Å²) in [6.07, 6.45) is 1.42. The van der Waals surface area contributed by atoms with E-state index in [1.807, 2.05) is 0 Å². The Balaban J connectivity index is 1.97. The Morgan fingerprint density at radius 2 is 2.18 bits per heavy atom. The lowest BCUT2D eigenvalue weighted by atomic mass is 9.99. The van der Waals surface area contributed by atoms with Crippen LogP contribution in [0.3, 0.4) is 0 Å². The van der Waals surface area contributed by atoms with E-state index in [0.717, 1.165) is 18.0 Å². The van der Waals surface area contributed by atoms with Crippen molar-refractivity contribution in [2.45, 2.75) is 32.4 Å². The van der Waals surface area contributed by atoms with Gasteiger partial charge >= 0.3 is 0 Å². The number of hydrogen-bond donors (Lipinski definition) is 1. The maximum atomic E-state index is 3.56. The summed E-state index contributed by atoms with van der Waals surface area (Å²) in [7, 11) is 0. The highest BCUT2D eigenvalue weighted by molar-refractivity contribution is 4.91. The van der Waals surface area contributed by atoms with Crippen LogP contribution < -0.4 is 5.32 Å². The molecule has 2 heteroatoms. The predicted molar refractivity (Wildman–Crippen MR) is 46.6 cm³/mol. The van der Waals surface area contributed by atoms with Crippen molar-refractivity contribution < 1.29 is 0 Å². The Bertz CT molecular complexity index is 132. The quantitative estimate of drug-likeness (QED) is 0.598. The molecule has 2 atom stereocenters. The number of rotatable bonds is 1. The molecule has 0 saturated carbocycles. The number of likely N-dealkylation sites (tertiary alicyclic amines) is 1. The van der Waals surface area contributed by atoms with E-state index in [2.05, 4.69) is 24.1 Å². The van der Waals surface area contributed by atoms with Crippen LogP contribution in [0.2, 0.25) is 0 Å². The fourth-order valence-electron chi connectivity index (χ4n) is 2.29. The molecule has 1 N–H and O–H groups in total. The molecule has 0 aromatic heterocycles. The number of hydrogen-bond acceptors (Lipinski definition) is 2. The molecule has 2 heterocycles. The predicted octanol–water partition coefficient (Wildman–Crippen LogP) is 0.689. The van der Waals surface area contributed by atoms with Crippen molar-refractivity contribution in [2.75, 3.05) is 19.6 Å². The zero-order valence-electron chi connectivity index (χ0n) is 7.51. The van der Waals surface area contributed by atoms with Crippen molar-refractivity contribution >= 4 is 0 Å². The van der Waals surface area contributed by atoms with E-state index in [1.54, 1.807) is 0 Å². The third-order valence-electron chi connectivity index (χ3n) is 2.99. The molecule has 2 fully saturated rings. The third kappa shape index (κ3) is 1.42. The zero-order chi connectivity index (χ0) is 7.84. The van der Waals surface area contributed by atoms with E-state index in [-0.39, 0.29) is 0 Å². The highest BCUT2D eigenvalue weighted by atomic mass is 15.2. The Morgan fingerprint density at radius 1 is 1.36 bits per heavy atom. The Kier molecular flexibility index (Phi) is 1.90. The van der Waals surface area contributed by atoms with Crippen LogP contribution in [0.4, 0.5) is 0 Å². The second-order valence-corrected chi connectivity index (χ2v) is 4.25. The van der Waals surface area contributed by atoms with Gasteiger partial charge < -0.3 is 5.32 Å². The molecular formula is C9H18N2. The van der Waals surface area contributed by atoms with Gasteiger partial charge in [0.1, 0.15) is 0 Å². The second kappa shape index (κ2) is 2.76. The highest BCUT2D eigenvalue weighted by Crippen LogP contribution is 2.23. The average Bonchev–Trinajstić information content (AvgIpc) is 2.30. The summed E-state index contributed by atoms with van der Waals surface area (Å²) in [5.41, 5.74) is 0. The maximum Gasteiger partial charge on any atom is 0.0198 e. The van der Waals surface area contributed by atoms with E-state index in [0.29, 0.717) is 0 Å². The molecule has 0 aromatic carbocycles. The van der Waals surface area contributed by atoms with Gasteiger partial charge in [-0.05, 0) is 32.7 Å². The van der Waals surface area contributed by atoms with Gasteiger partial charge in [-0.1, -0.05) is 0 Å². The van der Waals surface area contributed by atoms with Crippen LogP contribution in [-0.2, 0) is 0 Å². The lowest BCUT2D eigenvalue weighted by molar-refractivity contribution is 0.155. The minimum atomic E-state index is 0.736. The molecule has 2 saturated heterocycles. The standard InChI is InChI=1S/C9H18N2/c1-7(2)11-5-8-3-9(6-11)10-4-8/h7-10H,3-6H2,1-2H3. The van der Waals surface area contributed by atoms with Crippen LogP contribution in [0.25, 0.3) is 0 Å². The first kappa shape index (κ1) is 7.56. The minimum absolute atomic E-state index is 0.736. The molecular weight excluding hydrogens is 136 g/mol. The Morgan fingerprint density at radius 3 is 2.82 bits per heavy atom. The van der Waals surface area contributed by atoms with Gasteiger partial charge in [-0.2, -0.15) is 0 Å². The summed E-state index contributed by atoms with van der Waals surface area (Å²) < 4.78 is 0. The molecule has 2 nitrogen and oxygen atoms in total. The Labute approximate surface area is 69.0 Å². The minimum Gasteiger partial charge on any atom is -0.312 e. The lowest BCUT2D eigenvalue weighted by Gasteiger charge is -2.33. The molecule has 0 spiro atoms. The lowest BCUT2D eigenvalue weighted by Crippen LogP contribution is -2.44. The van der Waals surface area contributed by atoms with Crippen LogP contribution in [0.15, 0.2) is 0 Å².